The summed E-state index contributed by atoms with van der Waals surface area (Å²) in [4.78, 5) is 11.7. The first-order valence-electron chi connectivity index (χ1n) is 4.74. The van der Waals surface area contributed by atoms with Gasteiger partial charge in [-0.15, -0.1) is 0 Å². The van der Waals surface area contributed by atoms with Crippen molar-refractivity contribution in [2.75, 3.05) is 0 Å². The standard InChI is InChI=1S/C12H7F3O2/c1-6-2-3-10(17-6)12(16)7-4-8(13)11(15)9(14)5-7/h2-5H,1H3. The van der Waals surface area contributed by atoms with E-state index >= 15 is 0 Å². The van der Waals surface area contributed by atoms with Gasteiger partial charge >= 0.3 is 0 Å². The Hall–Kier alpha value is -2.04. The van der Waals surface area contributed by atoms with Crippen molar-refractivity contribution in [3.05, 3.63) is 58.8 Å². The lowest BCUT2D eigenvalue weighted by Gasteiger charge is -2.00. The van der Waals surface area contributed by atoms with Crippen molar-refractivity contribution in [1.29, 1.82) is 0 Å². The van der Waals surface area contributed by atoms with Gasteiger partial charge in [0.2, 0.25) is 5.78 Å². The normalized spacial score (nSPS) is 10.6. The molecule has 0 spiro atoms. The maximum atomic E-state index is 12.9. The number of carbonyl (C=O) groups excluding carboxylic acids is 1. The Bertz CT molecular complexity index is 564. The van der Waals surface area contributed by atoms with Crippen LogP contribution in [0.4, 0.5) is 13.2 Å². The first kappa shape index (κ1) is 11.4. The van der Waals surface area contributed by atoms with Crippen molar-refractivity contribution >= 4 is 5.78 Å². The fourth-order valence-corrected chi connectivity index (χ4v) is 1.39. The highest BCUT2D eigenvalue weighted by Gasteiger charge is 2.18. The number of benzene rings is 1. The molecule has 0 aliphatic carbocycles. The summed E-state index contributed by atoms with van der Waals surface area (Å²) in [5.41, 5.74) is -0.296. The summed E-state index contributed by atoms with van der Waals surface area (Å²) in [5, 5.41) is 0. The van der Waals surface area contributed by atoms with Crippen molar-refractivity contribution in [2.45, 2.75) is 6.92 Å². The molecular weight excluding hydrogens is 233 g/mol. The summed E-state index contributed by atoms with van der Waals surface area (Å²) < 4.78 is 43.6. The third kappa shape index (κ3) is 2.08. The molecule has 88 valence electrons. The quantitative estimate of drug-likeness (QED) is 0.595. The van der Waals surface area contributed by atoms with Gasteiger partial charge in [-0.1, -0.05) is 0 Å². The fraction of sp³-hybridized carbons (Fsp3) is 0.0833. The molecule has 0 fully saturated rings. The van der Waals surface area contributed by atoms with Gasteiger partial charge in [-0.25, -0.2) is 13.2 Å². The molecule has 0 unspecified atom stereocenters. The number of hydrogen-bond donors (Lipinski definition) is 0. The maximum Gasteiger partial charge on any atom is 0.228 e. The van der Waals surface area contributed by atoms with Crippen LogP contribution in [-0.4, -0.2) is 5.78 Å². The van der Waals surface area contributed by atoms with Crippen LogP contribution in [0, 0.1) is 24.4 Å². The molecule has 0 saturated carbocycles. The SMILES string of the molecule is Cc1ccc(C(=O)c2cc(F)c(F)c(F)c2)o1. The van der Waals surface area contributed by atoms with Gasteiger partial charge in [0, 0.05) is 5.56 Å². The van der Waals surface area contributed by atoms with Gasteiger partial charge in [0.15, 0.2) is 23.2 Å². The first-order chi connectivity index (χ1) is 7.99. The molecule has 0 aliphatic rings. The molecule has 17 heavy (non-hydrogen) atoms. The summed E-state index contributed by atoms with van der Waals surface area (Å²) in [6.07, 6.45) is 0. The van der Waals surface area contributed by atoms with Gasteiger partial charge in [0.1, 0.15) is 5.76 Å². The Balaban J connectivity index is 2.44. The zero-order valence-corrected chi connectivity index (χ0v) is 8.76. The van der Waals surface area contributed by atoms with E-state index in [0.717, 1.165) is 0 Å². The summed E-state index contributed by atoms with van der Waals surface area (Å²) in [5.74, 6) is -4.66. The molecule has 0 amide bonds. The Morgan fingerprint density at radius 1 is 1.12 bits per heavy atom. The fourth-order valence-electron chi connectivity index (χ4n) is 1.39. The van der Waals surface area contributed by atoms with Crippen LogP contribution >= 0.6 is 0 Å². The van der Waals surface area contributed by atoms with Gasteiger partial charge in [-0.3, -0.25) is 4.79 Å². The molecule has 0 bridgehead atoms. The average Bonchev–Trinajstić information content (AvgIpc) is 2.71. The monoisotopic (exact) mass is 240 g/mol. The molecule has 1 aromatic carbocycles. The predicted octanol–water partition coefficient (Wildman–Crippen LogP) is 3.24. The third-order valence-corrected chi connectivity index (χ3v) is 2.21. The molecule has 1 heterocycles. The lowest BCUT2D eigenvalue weighted by atomic mass is 10.1. The summed E-state index contributed by atoms with van der Waals surface area (Å²) in [7, 11) is 0. The number of aryl methyl sites for hydroxylation is 1. The highest BCUT2D eigenvalue weighted by molar-refractivity contribution is 6.07. The zero-order valence-electron chi connectivity index (χ0n) is 8.76. The van der Waals surface area contributed by atoms with E-state index in [9.17, 15) is 18.0 Å². The molecular formula is C12H7F3O2. The number of ketones is 1. The molecule has 2 rings (SSSR count). The minimum atomic E-state index is -1.60. The van der Waals surface area contributed by atoms with Crippen LogP contribution in [0.15, 0.2) is 28.7 Å². The molecule has 1 aromatic heterocycles. The highest BCUT2D eigenvalue weighted by Crippen LogP contribution is 2.18. The number of furan rings is 1. The van der Waals surface area contributed by atoms with E-state index in [1.54, 1.807) is 13.0 Å². The second-order valence-corrected chi connectivity index (χ2v) is 3.49. The second-order valence-electron chi connectivity index (χ2n) is 3.49. The molecule has 0 atom stereocenters. The van der Waals surface area contributed by atoms with Gasteiger partial charge in [-0.2, -0.15) is 0 Å². The van der Waals surface area contributed by atoms with E-state index in [-0.39, 0.29) is 11.3 Å². The van der Waals surface area contributed by atoms with E-state index in [1.165, 1.54) is 6.07 Å². The smallest absolute Gasteiger partial charge is 0.228 e. The van der Waals surface area contributed by atoms with E-state index in [2.05, 4.69) is 0 Å². The van der Waals surface area contributed by atoms with Crippen LogP contribution in [0.2, 0.25) is 0 Å². The lowest BCUT2D eigenvalue weighted by molar-refractivity contribution is 0.101. The molecule has 0 N–H and O–H groups in total. The van der Waals surface area contributed by atoms with Crippen LogP contribution < -0.4 is 0 Å². The Morgan fingerprint density at radius 3 is 2.18 bits per heavy atom. The van der Waals surface area contributed by atoms with Crippen molar-refractivity contribution in [3.8, 4) is 0 Å². The van der Waals surface area contributed by atoms with Gasteiger partial charge in [0.05, 0.1) is 0 Å². The molecule has 0 radical (unpaired) electrons. The highest BCUT2D eigenvalue weighted by atomic mass is 19.2. The van der Waals surface area contributed by atoms with Gasteiger partial charge < -0.3 is 4.42 Å². The number of hydrogen-bond acceptors (Lipinski definition) is 2. The topological polar surface area (TPSA) is 30.2 Å². The number of halogens is 3. The molecule has 2 nitrogen and oxygen atoms in total. The van der Waals surface area contributed by atoms with Crippen molar-refractivity contribution in [2.24, 2.45) is 0 Å². The van der Waals surface area contributed by atoms with Gasteiger partial charge in [-0.05, 0) is 31.2 Å². The zero-order chi connectivity index (χ0) is 12.6. The van der Waals surface area contributed by atoms with E-state index in [0.29, 0.717) is 17.9 Å². The summed E-state index contributed by atoms with van der Waals surface area (Å²) in [6, 6.07) is 4.21. The van der Waals surface area contributed by atoms with Crippen molar-refractivity contribution in [1.82, 2.24) is 0 Å². The average molecular weight is 240 g/mol. The predicted molar refractivity (Wildman–Crippen MR) is 53.2 cm³/mol. The molecule has 2 aromatic rings. The van der Waals surface area contributed by atoms with E-state index in [4.69, 9.17) is 4.42 Å². The van der Waals surface area contributed by atoms with Crippen LogP contribution in [0.5, 0.6) is 0 Å². The Labute approximate surface area is 94.7 Å². The Kier molecular flexibility index (Phi) is 2.75. The summed E-state index contributed by atoms with van der Waals surface area (Å²) >= 11 is 0. The Morgan fingerprint density at radius 2 is 1.71 bits per heavy atom. The number of rotatable bonds is 2. The van der Waals surface area contributed by atoms with Crippen LogP contribution in [-0.2, 0) is 0 Å². The number of carbonyl (C=O) groups is 1. The molecule has 0 saturated heterocycles. The molecule has 5 heteroatoms. The van der Waals surface area contributed by atoms with Crippen molar-refractivity contribution < 1.29 is 22.4 Å². The second kappa shape index (κ2) is 4.08. The minimum absolute atomic E-state index is 0.0482. The van der Waals surface area contributed by atoms with Crippen LogP contribution in [0.25, 0.3) is 0 Å². The third-order valence-electron chi connectivity index (χ3n) is 2.21. The van der Waals surface area contributed by atoms with E-state index < -0.39 is 23.2 Å². The largest absolute Gasteiger partial charge is 0.458 e. The maximum absolute atomic E-state index is 12.9. The summed E-state index contributed by atoms with van der Waals surface area (Å²) in [6.45, 7) is 1.63. The van der Waals surface area contributed by atoms with Crippen LogP contribution in [0.1, 0.15) is 21.9 Å². The minimum Gasteiger partial charge on any atom is -0.458 e. The molecule has 0 aliphatic heterocycles. The van der Waals surface area contributed by atoms with Crippen LogP contribution in [0.3, 0.4) is 0 Å². The lowest BCUT2D eigenvalue weighted by Crippen LogP contribution is -2.03. The van der Waals surface area contributed by atoms with Crippen molar-refractivity contribution in [3.63, 3.8) is 0 Å². The first-order valence-corrected chi connectivity index (χ1v) is 4.74. The van der Waals surface area contributed by atoms with Gasteiger partial charge in [0.25, 0.3) is 0 Å². The van der Waals surface area contributed by atoms with E-state index in [1.807, 2.05) is 0 Å².